The van der Waals surface area contributed by atoms with Crippen molar-refractivity contribution < 1.29 is 0 Å². The molecule has 1 aromatic heterocycles. The minimum Gasteiger partial charge on any atom is -0.309 e. The molecule has 1 nitrogen and oxygen atoms in total. The van der Waals surface area contributed by atoms with Crippen molar-refractivity contribution in [2.24, 2.45) is 0 Å². The maximum Gasteiger partial charge on any atom is 0.0671 e. The number of hydrogen-bond donors (Lipinski definition) is 1. The van der Waals surface area contributed by atoms with Crippen LogP contribution in [0.1, 0.15) is 26.9 Å². The second-order valence-corrected chi connectivity index (χ2v) is 6.85. The van der Waals surface area contributed by atoms with Crippen molar-refractivity contribution in [3.8, 4) is 0 Å². The van der Waals surface area contributed by atoms with Gasteiger partial charge in [0.15, 0.2) is 0 Å². The first-order valence-corrected chi connectivity index (χ1v) is 7.71. The lowest BCUT2D eigenvalue weighted by molar-refractivity contribution is 0.700. The zero-order chi connectivity index (χ0) is 13.3. The minimum absolute atomic E-state index is 0.220. The number of nitrogens with one attached hydrogen (secondary N) is 1. The monoisotopic (exact) mass is 343 g/mol. The summed E-state index contributed by atoms with van der Waals surface area (Å²) in [5.74, 6) is 0. The van der Waals surface area contributed by atoms with E-state index >= 15 is 0 Å². The first-order chi connectivity index (χ1) is 8.52. The molecule has 0 spiro atoms. The molecule has 1 N–H and O–H groups in total. The standard InChI is InChI=1S/C14H15BrClNS/c1-8-6-9(2)18-14(8)13(17-3)10-4-5-12(16)11(15)7-10/h4-7,13,17H,1-3H3. The van der Waals surface area contributed by atoms with Gasteiger partial charge in [-0.2, -0.15) is 0 Å². The molecule has 96 valence electrons. The highest BCUT2D eigenvalue weighted by atomic mass is 79.9. The average molecular weight is 345 g/mol. The minimum atomic E-state index is 0.220. The summed E-state index contributed by atoms with van der Waals surface area (Å²) in [6.45, 7) is 4.31. The third-order valence-electron chi connectivity index (χ3n) is 2.91. The number of halogens is 2. The highest BCUT2D eigenvalue weighted by Crippen LogP contribution is 2.34. The van der Waals surface area contributed by atoms with Crippen LogP contribution in [0.4, 0.5) is 0 Å². The van der Waals surface area contributed by atoms with Crippen LogP contribution in [0.5, 0.6) is 0 Å². The molecule has 0 radical (unpaired) electrons. The molecule has 18 heavy (non-hydrogen) atoms. The second-order valence-electron chi connectivity index (χ2n) is 4.30. The van der Waals surface area contributed by atoms with Gasteiger partial charge in [-0.3, -0.25) is 0 Å². The Morgan fingerprint density at radius 3 is 2.50 bits per heavy atom. The number of hydrogen-bond acceptors (Lipinski definition) is 2. The van der Waals surface area contributed by atoms with Gasteiger partial charge in [-0.05, 0) is 66.2 Å². The molecular weight excluding hydrogens is 330 g/mol. The van der Waals surface area contributed by atoms with E-state index in [0.29, 0.717) is 0 Å². The molecule has 0 fully saturated rings. The van der Waals surface area contributed by atoms with E-state index in [0.717, 1.165) is 9.50 Å². The lowest BCUT2D eigenvalue weighted by Crippen LogP contribution is -2.17. The highest BCUT2D eigenvalue weighted by molar-refractivity contribution is 9.10. The summed E-state index contributed by atoms with van der Waals surface area (Å²) in [5.41, 5.74) is 2.56. The molecule has 0 aliphatic rings. The van der Waals surface area contributed by atoms with Gasteiger partial charge < -0.3 is 5.32 Å². The van der Waals surface area contributed by atoms with E-state index in [1.807, 2.05) is 24.5 Å². The normalized spacial score (nSPS) is 12.7. The molecule has 0 aliphatic carbocycles. The van der Waals surface area contributed by atoms with Crippen molar-refractivity contribution in [1.82, 2.24) is 5.32 Å². The summed E-state index contributed by atoms with van der Waals surface area (Å²) in [4.78, 5) is 2.71. The van der Waals surface area contributed by atoms with Crippen LogP contribution in [0.15, 0.2) is 28.7 Å². The quantitative estimate of drug-likeness (QED) is 0.818. The van der Waals surface area contributed by atoms with Gasteiger partial charge in [-0.25, -0.2) is 0 Å². The lowest BCUT2D eigenvalue weighted by atomic mass is 10.0. The van der Waals surface area contributed by atoms with Gasteiger partial charge in [-0.15, -0.1) is 11.3 Å². The van der Waals surface area contributed by atoms with Gasteiger partial charge in [0, 0.05) is 14.2 Å². The summed E-state index contributed by atoms with van der Waals surface area (Å²) >= 11 is 11.4. The topological polar surface area (TPSA) is 12.0 Å². The van der Waals surface area contributed by atoms with Crippen LogP contribution in [0.3, 0.4) is 0 Å². The Hall–Kier alpha value is -0.350. The maximum absolute atomic E-state index is 6.05. The van der Waals surface area contributed by atoms with Crippen molar-refractivity contribution in [2.75, 3.05) is 7.05 Å². The number of rotatable bonds is 3. The molecule has 1 unspecified atom stereocenters. The van der Waals surface area contributed by atoms with E-state index in [-0.39, 0.29) is 6.04 Å². The van der Waals surface area contributed by atoms with Gasteiger partial charge >= 0.3 is 0 Å². The molecule has 1 aromatic carbocycles. The van der Waals surface area contributed by atoms with E-state index in [9.17, 15) is 0 Å². The Morgan fingerprint density at radius 1 is 1.28 bits per heavy atom. The molecular formula is C14H15BrClNS. The summed E-state index contributed by atoms with van der Waals surface area (Å²) in [6, 6.07) is 8.54. The summed E-state index contributed by atoms with van der Waals surface area (Å²) in [5, 5.41) is 4.13. The first-order valence-electron chi connectivity index (χ1n) is 5.72. The molecule has 0 saturated heterocycles. The van der Waals surface area contributed by atoms with Crippen LogP contribution in [0.25, 0.3) is 0 Å². The number of aryl methyl sites for hydroxylation is 2. The fraction of sp³-hybridized carbons (Fsp3) is 0.286. The maximum atomic E-state index is 6.05. The SMILES string of the molecule is CNC(c1ccc(Cl)c(Br)c1)c1sc(C)cc1C. The third-order valence-corrected chi connectivity index (χ3v) is 5.34. The van der Waals surface area contributed by atoms with E-state index < -0.39 is 0 Å². The number of thiophene rings is 1. The molecule has 0 saturated carbocycles. The van der Waals surface area contributed by atoms with Gasteiger partial charge in [0.2, 0.25) is 0 Å². The van der Waals surface area contributed by atoms with Crippen molar-refractivity contribution in [2.45, 2.75) is 19.9 Å². The van der Waals surface area contributed by atoms with Gasteiger partial charge in [-0.1, -0.05) is 17.7 Å². The smallest absolute Gasteiger partial charge is 0.0671 e. The van der Waals surface area contributed by atoms with Crippen molar-refractivity contribution in [1.29, 1.82) is 0 Å². The van der Waals surface area contributed by atoms with Crippen LogP contribution in [-0.2, 0) is 0 Å². The van der Waals surface area contributed by atoms with Gasteiger partial charge in [0.25, 0.3) is 0 Å². The Labute approximate surface area is 125 Å². The zero-order valence-electron chi connectivity index (χ0n) is 10.6. The second kappa shape index (κ2) is 5.74. The first kappa shape index (κ1) is 14.1. The van der Waals surface area contributed by atoms with Crippen LogP contribution >= 0.6 is 38.9 Å². The summed E-state index contributed by atoms with van der Waals surface area (Å²) in [6.07, 6.45) is 0. The molecule has 2 rings (SSSR count). The molecule has 1 atom stereocenters. The van der Waals surface area contributed by atoms with Crippen LogP contribution in [0, 0.1) is 13.8 Å². The Bertz CT molecular complexity index is 565. The lowest BCUT2D eigenvalue weighted by Gasteiger charge is -2.17. The average Bonchev–Trinajstić information content (AvgIpc) is 2.64. The molecule has 1 heterocycles. The van der Waals surface area contributed by atoms with Crippen molar-refractivity contribution in [3.05, 3.63) is 54.6 Å². The molecule has 0 amide bonds. The Morgan fingerprint density at radius 2 is 2.00 bits per heavy atom. The van der Waals surface area contributed by atoms with Crippen LogP contribution < -0.4 is 5.32 Å². The van der Waals surface area contributed by atoms with E-state index in [2.05, 4.69) is 53.3 Å². The van der Waals surface area contributed by atoms with E-state index in [1.165, 1.54) is 20.9 Å². The molecule has 0 bridgehead atoms. The summed E-state index contributed by atoms with van der Waals surface area (Å²) < 4.78 is 0.938. The van der Waals surface area contributed by atoms with Gasteiger partial charge in [0.05, 0.1) is 11.1 Å². The van der Waals surface area contributed by atoms with Crippen LogP contribution in [0.2, 0.25) is 5.02 Å². The molecule has 2 aromatic rings. The number of benzene rings is 1. The Balaban J connectivity index is 2.45. The fourth-order valence-electron chi connectivity index (χ4n) is 2.09. The predicted molar refractivity (Wildman–Crippen MR) is 83.8 cm³/mol. The van der Waals surface area contributed by atoms with Crippen LogP contribution in [-0.4, -0.2) is 7.05 Å². The summed E-state index contributed by atoms with van der Waals surface area (Å²) in [7, 11) is 1.99. The zero-order valence-corrected chi connectivity index (χ0v) is 13.7. The predicted octanol–water partition coefficient (Wildman–Crippen LogP) is 5.09. The largest absolute Gasteiger partial charge is 0.309 e. The van der Waals surface area contributed by atoms with E-state index in [4.69, 9.17) is 11.6 Å². The Kier molecular flexibility index (Phi) is 4.49. The van der Waals surface area contributed by atoms with Gasteiger partial charge in [0.1, 0.15) is 0 Å². The van der Waals surface area contributed by atoms with Crippen molar-refractivity contribution >= 4 is 38.9 Å². The van der Waals surface area contributed by atoms with Crippen molar-refractivity contribution in [3.63, 3.8) is 0 Å². The molecule has 0 aliphatic heterocycles. The third kappa shape index (κ3) is 2.80. The fourth-order valence-corrected chi connectivity index (χ4v) is 3.78. The highest BCUT2D eigenvalue weighted by Gasteiger charge is 2.17. The molecule has 4 heteroatoms. The van der Waals surface area contributed by atoms with E-state index in [1.54, 1.807) is 0 Å².